The Morgan fingerprint density at radius 3 is 2.52 bits per heavy atom. The average molecular weight is 307 g/mol. The lowest BCUT2D eigenvalue weighted by Crippen LogP contribution is -2.18. The number of carbonyl (C=O) groups excluding carboxylic acids is 1. The molecule has 0 saturated carbocycles. The molecule has 0 atom stereocenters. The van der Waals surface area contributed by atoms with Crippen LogP contribution in [0.25, 0.3) is 21.7 Å². The summed E-state index contributed by atoms with van der Waals surface area (Å²) in [5.74, 6) is 1.27. The van der Waals surface area contributed by atoms with Crippen LogP contribution >= 0.6 is 0 Å². The summed E-state index contributed by atoms with van der Waals surface area (Å²) in [7, 11) is 0. The number of rotatable bonds is 1. The molecule has 5 rings (SSSR count). The van der Waals surface area contributed by atoms with Crippen LogP contribution in [0.3, 0.4) is 0 Å². The summed E-state index contributed by atoms with van der Waals surface area (Å²) in [6.45, 7) is 2.38. The lowest BCUT2D eigenvalue weighted by atomic mass is 9.99. The van der Waals surface area contributed by atoms with Crippen LogP contribution in [0.4, 0.5) is 0 Å². The number of aromatic nitrogens is 1. The Bertz CT molecular complexity index is 1090. The highest BCUT2D eigenvalue weighted by molar-refractivity contribution is 6.11. The van der Waals surface area contributed by atoms with Gasteiger partial charge in [0.25, 0.3) is 5.56 Å². The average Bonchev–Trinajstić information content (AvgIpc) is 3.17. The molecule has 114 valence electrons. The molecule has 0 spiro atoms. The molecule has 0 N–H and O–H groups in total. The predicted molar refractivity (Wildman–Crippen MR) is 85.5 cm³/mol. The maximum atomic E-state index is 12.8. The lowest BCUT2D eigenvalue weighted by molar-refractivity contribution is 0.101. The van der Waals surface area contributed by atoms with Crippen LogP contribution in [0.5, 0.6) is 11.5 Å². The summed E-state index contributed by atoms with van der Waals surface area (Å²) in [4.78, 5) is 24.7. The van der Waals surface area contributed by atoms with Crippen molar-refractivity contribution in [3.63, 3.8) is 0 Å². The van der Waals surface area contributed by atoms with Gasteiger partial charge >= 0.3 is 0 Å². The van der Waals surface area contributed by atoms with Crippen LogP contribution in [0.15, 0.2) is 29.1 Å². The molecular formula is C18H13NO4. The van der Waals surface area contributed by atoms with Gasteiger partial charge < -0.3 is 14.0 Å². The first-order valence-electron chi connectivity index (χ1n) is 7.57. The third-order valence-corrected chi connectivity index (χ3v) is 4.75. The molecule has 23 heavy (non-hydrogen) atoms. The van der Waals surface area contributed by atoms with Crippen LogP contribution in [0, 0.1) is 0 Å². The molecule has 3 aromatic rings. The molecule has 0 radical (unpaired) electrons. The zero-order chi connectivity index (χ0) is 15.7. The third-order valence-electron chi connectivity index (χ3n) is 4.75. The minimum absolute atomic E-state index is 0.0138. The number of ether oxygens (including phenoxy) is 2. The molecule has 2 aliphatic heterocycles. The summed E-state index contributed by atoms with van der Waals surface area (Å²) in [6.07, 6.45) is 0.774. The number of benzene rings is 2. The molecule has 0 aliphatic carbocycles. The van der Waals surface area contributed by atoms with E-state index < -0.39 is 0 Å². The van der Waals surface area contributed by atoms with E-state index in [2.05, 4.69) is 0 Å². The topological polar surface area (TPSA) is 57.5 Å². The van der Waals surface area contributed by atoms with Crippen LogP contribution in [-0.4, -0.2) is 17.1 Å². The van der Waals surface area contributed by atoms with Gasteiger partial charge in [0.15, 0.2) is 17.3 Å². The zero-order valence-electron chi connectivity index (χ0n) is 12.5. The zero-order valence-corrected chi connectivity index (χ0v) is 12.5. The summed E-state index contributed by atoms with van der Waals surface area (Å²) in [5, 5.41) is 2.35. The van der Waals surface area contributed by atoms with E-state index in [-0.39, 0.29) is 18.1 Å². The van der Waals surface area contributed by atoms with Gasteiger partial charge in [0.1, 0.15) is 0 Å². The summed E-state index contributed by atoms with van der Waals surface area (Å²) in [5.41, 5.74) is 2.66. The summed E-state index contributed by atoms with van der Waals surface area (Å²) in [6, 6.07) is 7.39. The number of hydrogen-bond acceptors (Lipinski definition) is 4. The number of carbonyl (C=O) groups is 1. The second kappa shape index (κ2) is 4.13. The van der Waals surface area contributed by atoms with Crippen molar-refractivity contribution in [1.29, 1.82) is 0 Å². The fraction of sp³-hybridized carbons (Fsp3) is 0.222. The Balaban J connectivity index is 2.03. The number of Topliss-reactive ketones (excluding diaryl/α,β-unsaturated/α-hetero) is 1. The van der Waals surface area contributed by atoms with Crippen molar-refractivity contribution in [2.75, 3.05) is 6.79 Å². The van der Waals surface area contributed by atoms with Crippen LogP contribution < -0.4 is 15.0 Å². The van der Waals surface area contributed by atoms with E-state index in [1.807, 2.05) is 18.2 Å². The lowest BCUT2D eigenvalue weighted by Gasteiger charge is -2.10. The van der Waals surface area contributed by atoms with Crippen molar-refractivity contribution >= 4 is 27.5 Å². The molecule has 5 heteroatoms. The Morgan fingerprint density at radius 1 is 1.04 bits per heavy atom. The number of nitrogens with zero attached hydrogens (tertiary/aromatic N) is 1. The molecule has 5 nitrogen and oxygen atoms in total. The number of fused-ring (bicyclic) bond motifs is 3. The molecule has 2 aromatic carbocycles. The van der Waals surface area contributed by atoms with Crippen molar-refractivity contribution in [3.05, 3.63) is 45.7 Å². The number of ketones is 1. The molecular weight excluding hydrogens is 294 g/mol. The second-order valence-corrected chi connectivity index (χ2v) is 6.05. The van der Waals surface area contributed by atoms with Gasteiger partial charge in [-0.25, -0.2) is 0 Å². The molecule has 1 aromatic heterocycles. The first-order valence-corrected chi connectivity index (χ1v) is 7.57. The van der Waals surface area contributed by atoms with Crippen molar-refractivity contribution in [1.82, 2.24) is 4.57 Å². The molecule has 0 fully saturated rings. The first kappa shape index (κ1) is 12.7. The highest BCUT2D eigenvalue weighted by Gasteiger charge is 2.23. The number of aryl methyl sites for hydroxylation is 2. The molecule has 0 saturated heterocycles. The van der Waals surface area contributed by atoms with Crippen molar-refractivity contribution in [3.8, 4) is 11.5 Å². The van der Waals surface area contributed by atoms with E-state index in [1.165, 1.54) is 0 Å². The van der Waals surface area contributed by atoms with E-state index in [0.29, 0.717) is 29.0 Å². The summed E-state index contributed by atoms with van der Waals surface area (Å²) >= 11 is 0. The van der Waals surface area contributed by atoms with Crippen LogP contribution in [0.2, 0.25) is 0 Å². The highest BCUT2D eigenvalue weighted by atomic mass is 16.7. The standard InChI is InChI=1S/C18H13NO4/c1-9(20)11-4-10-2-3-19-17(10)13(5-11)12-6-15-16(23-8-22-15)7-14(12)18(19)21/h4-7H,2-3,8H2,1H3. The van der Waals surface area contributed by atoms with E-state index in [1.54, 1.807) is 17.6 Å². The predicted octanol–water partition coefficient (Wildman–Crippen LogP) is 2.64. The van der Waals surface area contributed by atoms with Crippen molar-refractivity contribution in [2.45, 2.75) is 19.9 Å². The van der Waals surface area contributed by atoms with Crippen molar-refractivity contribution < 1.29 is 14.3 Å². The quantitative estimate of drug-likeness (QED) is 0.512. The molecule has 2 aliphatic rings. The van der Waals surface area contributed by atoms with Gasteiger partial charge in [0.05, 0.1) is 10.9 Å². The van der Waals surface area contributed by atoms with Gasteiger partial charge in [-0.2, -0.15) is 0 Å². The Morgan fingerprint density at radius 2 is 1.78 bits per heavy atom. The van der Waals surface area contributed by atoms with Gasteiger partial charge in [-0.05, 0) is 43.2 Å². The normalized spacial score (nSPS) is 14.8. The molecule has 0 unspecified atom stereocenters. The van der Waals surface area contributed by atoms with Crippen molar-refractivity contribution in [2.24, 2.45) is 0 Å². The van der Waals surface area contributed by atoms with Gasteiger partial charge in [0, 0.05) is 22.9 Å². The molecule has 0 amide bonds. The number of pyridine rings is 1. The minimum Gasteiger partial charge on any atom is -0.454 e. The SMILES string of the molecule is CC(=O)c1cc2c3c(c1)c1cc4c(cc1c(=O)n3CC2)OCO4. The maximum Gasteiger partial charge on any atom is 0.259 e. The second-order valence-electron chi connectivity index (χ2n) is 6.05. The largest absolute Gasteiger partial charge is 0.454 e. The fourth-order valence-corrected chi connectivity index (χ4v) is 3.65. The van der Waals surface area contributed by atoms with Gasteiger partial charge in [0.2, 0.25) is 6.79 Å². The van der Waals surface area contributed by atoms with E-state index in [9.17, 15) is 9.59 Å². The van der Waals surface area contributed by atoms with Crippen LogP contribution in [-0.2, 0) is 13.0 Å². The third kappa shape index (κ3) is 1.56. The highest BCUT2D eigenvalue weighted by Crippen LogP contribution is 2.39. The fourth-order valence-electron chi connectivity index (χ4n) is 3.65. The maximum absolute atomic E-state index is 12.8. The van der Waals surface area contributed by atoms with Gasteiger partial charge in [-0.1, -0.05) is 0 Å². The minimum atomic E-state index is -0.0138. The van der Waals surface area contributed by atoms with E-state index >= 15 is 0 Å². The number of hydrogen-bond donors (Lipinski definition) is 0. The van der Waals surface area contributed by atoms with E-state index in [4.69, 9.17) is 9.47 Å². The van der Waals surface area contributed by atoms with Crippen LogP contribution in [0.1, 0.15) is 22.8 Å². The van der Waals surface area contributed by atoms with Gasteiger partial charge in [-0.3, -0.25) is 9.59 Å². The van der Waals surface area contributed by atoms with Gasteiger partial charge in [-0.15, -0.1) is 0 Å². The molecule has 0 bridgehead atoms. The van der Waals surface area contributed by atoms with E-state index in [0.717, 1.165) is 28.3 Å². The first-order chi connectivity index (χ1) is 11.1. The Hall–Kier alpha value is -2.82. The summed E-state index contributed by atoms with van der Waals surface area (Å²) < 4.78 is 12.7. The Labute approximate surface area is 131 Å². The smallest absolute Gasteiger partial charge is 0.259 e. The Kier molecular flexibility index (Phi) is 2.28. The molecule has 3 heterocycles. The monoisotopic (exact) mass is 307 g/mol.